The molecule has 1 atom stereocenters. The molecule has 1 amide bonds. The molecule has 200 valence electrons. The van der Waals surface area contributed by atoms with Crippen LogP contribution in [0.5, 0.6) is 5.75 Å². The highest BCUT2D eigenvalue weighted by Gasteiger charge is 2.37. The molecule has 2 aliphatic heterocycles. The first-order valence-electron chi connectivity index (χ1n) is 12.8. The monoisotopic (exact) mass is 543 g/mol. The summed E-state index contributed by atoms with van der Waals surface area (Å²) in [7, 11) is 1.57. The van der Waals surface area contributed by atoms with Gasteiger partial charge in [-0.25, -0.2) is 9.79 Å². The van der Waals surface area contributed by atoms with Crippen molar-refractivity contribution in [1.29, 1.82) is 0 Å². The number of allylic oxidation sites excluding steroid dienone is 1. The Morgan fingerprint density at radius 2 is 1.90 bits per heavy atom. The number of esters is 1. The van der Waals surface area contributed by atoms with Crippen LogP contribution < -0.4 is 24.5 Å². The fourth-order valence-electron chi connectivity index (χ4n) is 4.98. The van der Waals surface area contributed by atoms with E-state index in [2.05, 4.69) is 18.5 Å². The molecule has 5 rings (SSSR count). The summed E-state index contributed by atoms with van der Waals surface area (Å²) in [5.41, 5.74) is 2.92. The number of nitrogens with zero attached hydrogens (tertiary/aromatic N) is 3. The third kappa shape index (κ3) is 4.52. The average molecular weight is 544 g/mol. The number of carbonyl (C=O) groups excluding carboxylic acids is 2. The standard InChI is InChI=1S/C30H29N3O5S/c1-5-7-16-32-22-11-9-8-10-21(22)24(27(32)34)26-28(35)33-25(19-12-14-20(37-4)15-13-19)23(29(36)38-17-6-2)18(3)31-30(33)39-26/h6,8-15,25H,2,5,7,16-17H2,1,3-4H3. The van der Waals surface area contributed by atoms with Gasteiger partial charge in [-0.05, 0) is 37.1 Å². The SMILES string of the molecule is C=CCOC(=O)C1=C(C)N=c2sc(=C3C(=O)N(CCCC)c4ccccc43)c(=O)n2C1c1ccc(OC)cc1. The van der Waals surface area contributed by atoms with E-state index < -0.39 is 12.0 Å². The van der Waals surface area contributed by atoms with Crippen molar-refractivity contribution in [1.82, 2.24) is 4.57 Å². The molecule has 9 heteroatoms. The number of rotatable bonds is 8. The van der Waals surface area contributed by atoms with E-state index in [-0.39, 0.29) is 23.6 Å². The Balaban J connectivity index is 1.76. The minimum atomic E-state index is -0.790. The Hall–Kier alpha value is -4.24. The van der Waals surface area contributed by atoms with Crippen molar-refractivity contribution in [2.24, 2.45) is 4.99 Å². The zero-order valence-electron chi connectivity index (χ0n) is 22.1. The van der Waals surface area contributed by atoms with Gasteiger partial charge in [0.1, 0.15) is 16.9 Å². The molecule has 8 nitrogen and oxygen atoms in total. The van der Waals surface area contributed by atoms with Gasteiger partial charge in [0.2, 0.25) is 0 Å². The highest BCUT2D eigenvalue weighted by atomic mass is 32.1. The largest absolute Gasteiger partial charge is 0.497 e. The van der Waals surface area contributed by atoms with E-state index in [1.54, 1.807) is 31.1 Å². The summed E-state index contributed by atoms with van der Waals surface area (Å²) in [6.07, 6.45) is 3.28. The highest BCUT2D eigenvalue weighted by molar-refractivity contribution is 7.07. The summed E-state index contributed by atoms with van der Waals surface area (Å²) in [5, 5.41) is 0. The number of para-hydroxylation sites is 1. The maximum atomic E-state index is 14.2. The van der Waals surface area contributed by atoms with Crippen LogP contribution >= 0.6 is 11.3 Å². The molecule has 2 aliphatic rings. The first-order chi connectivity index (χ1) is 18.9. The first-order valence-corrected chi connectivity index (χ1v) is 13.6. The average Bonchev–Trinajstić information content (AvgIpc) is 3.41. The van der Waals surface area contributed by atoms with Gasteiger partial charge >= 0.3 is 5.97 Å². The summed E-state index contributed by atoms with van der Waals surface area (Å²) >= 11 is 1.17. The molecule has 0 saturated heterocycles. The second kappa shape index (κ2) is 10.9. The maximum Gasteiger partial charge on any atom is 0.338 e. The Morgan fingerprint density at radius 3 is 2.59 bits per heavy atom. The van der Waals surface area contributed by atoms with Crippen LogP contribution in [0.2, 0.25) is 0 Å². The van der Waals surface area contributed by atoms with Crippen LogP contribution in [0.4, 0.5) is 5.69 Å². The predicted octanol–water partition coefficient (Wildman–Crippen LogP) is 3.49. The minimum Gasteiger partial charge on any atom is -0.497 e. The number of methoxy groups -OCH3 is 1. The number of hydrogen-bond donors (Lipinski definition) is 0. The van der Waals surface area contributed by atoms with E-state index in [1.165, 1.54) is 22.0 Å². The normalized spacial score (nSPS) is 17.5. The third-order valence-electron chi connectivity index (χ3n) is 6.87. The lowest BCUT2D eigenvalue weighted by molar-refractivity contribution is -0.138. The van der Waals surface area contributed by atoms with Crippen LogP contribution in [0.1, 0.15) is 43.9 Å². The van der Waals surface area contributed by atoms with Gasteiger partial charge in [0, 0.05) is 12.1 Å². The van der Waals surface area contributed by atoms with Gasteiger partial charge < -0.3 is 14.4 Å². The maximum absolute atomic E-state index is 14.2. The Kier molecular flexibility index (Phi) is 7.34. The molecule has 2 aromatic carbocycles. The molecule has 1 unspecified atom stereocenters. The van der Waals surface area contributed by atoms with Crippen molar-refractivity contribution in [3.8, 4) is 5.75 Å². The van der Waals surface area contributed by atoms with Crippen LogP contribution in [0.25, 0.3) is 5.57 Å². The summed E-state index contributed by atoms with van der Waals surface area (Å²) in [6.45, 7) is 8.01. The Labute approximate surface area is 229 Å². The van der Waals surface area contributed by atoms with Crippen LogP contribution in [0, 0.1) is 0 Å². The summed E-state index contributed by atoms with van der Waals surface area (Å²) in [4.78, 5) is 47.9. The molecule has 3 heterocycles. The van der Waals surface area contributed by atoms with Crippen molar-refractivity contribution < 1.29 is 19.1 Å². The molecule has 1 aromatic heterocycles. The van der Waals surface area contributed by atoms with Crippen LogP contribution in [-0.2, 0) is 14.3 Å². The van der Waals surface area contributed by atoms with E-state index in [9.17, 15) is 14.4 Å². The number of anilines is 1. The van der Waals surface area contributed by atoms with E-state index in [4.69, 9.17) is 9.47 Å². The van der Waals surface area contributed by atoms with Gasteiger partial charge in [0.05, 0.1) is 35.7 Å². The van der Waals surface area contributed by atoms with Crippen molar-refractivity contribution in [3.05, 3.63) is 103 Å². The molecule has 39 heavy (non-hydrogen) atoms. The number of amides is 1. The zero-order valence-corrected chi connectivity index (χ0v) is 22.9. The lowest BCUT2D eigenvalue weighted by atomic mass is 9.96. The first kappa shape index (κ1) is 26.4. The topological polar surface area (TPSA) is 90.2 Å². The fraction of sp³-hybridized carbons (Fsp3) is 0.267. The second-order valence-corrected chi connectivity index (χ2v) is 10.2. The molecular weight excluding hydrogens is 514 g/mol. The molecule has 3 aromatic rings. The Morgan fingerprint density at radius 1 is 1.15 bits per heavy atom. The second-order valence-electron chi connectivity index (χ2n) is 9.27. The lowest BCUT2D eigenvalue weighted by Gasteiger charge is -2.24. The van der Waals surface area contributed by atoms with Gasteiger partial charge in [-0.15, -0.1) is 0 Å². The van der Waals surface area contributed by atoms with Crippen molar-refractivity contribution in [2.45, 2.75) is 32.7 Å². The van der Waals surface area contributed by atoms with Crippen molar-refractivity contribution in [3.63, 3.8) is 0 Å². The van der Waals surface area contributed by atoms with Gasteiger partial charge in [-0.2, -0.15) is 0 Å². The summed E-state index contributed by atoms with van der Waals surface area (Å²) in [6, 6.07) is 13.9. The lowest BCUT2D eigenvalue weighted by Crippen LogP contribution is -2.41. The van der Waals surface area contributed by atoms with Gasteiger partial charge in [0.15, 0.2) is 4.80 Å². The van der Waals surface area contributed by atoms with Crippen LogP contribution in [0.3, 0.4) is 0 Å². The number of ether oxygens (including phenoxy) is 2. The third-order valence-corrected chi connectivity index (χ3v) is 7.92. The molecule has 0 spiro atoms. The minimum absolute atomic E-state index is 0.0262. The van der Waals surface area contributed by atoms with Crippen LogP contribution in [0.15, 0.2) is 82.2 Å². The predicted molar refractivity (Wildman–Crippen MR) is 151 cm³/mol. The van der Waals surface area contributed by atoms with Gasteiger partial charge in [-0.3, -0.25) is 14.2 Å². The fourth-order valence-corrected chi connectivity index (χ4v) is 6.12. The van der Waals surface area contributed by atoms with E-state index in [0.717, 1.165) is 24.1 Å². The number of thiazole rings is 1. The van der Waals surface area contributed by atoms with Crippen LogP contribution in [-0.4, -0.2) is 36.7 Å². The van der Waals surface area contributed by atoms with E-state index >= 15 is 0 Å². The molecular formula is C30H29N3O5S. The molecule has 0 radical (unpaired) electrons. The van der Waals surface area contributed by atoms with Gasteiger partial charge in [0.25, 0.3) is 11.5 Å². The van der Waals surface area contributed by atoms with Crippen molar-refractivity contribution in [2.75, 3.05) is 25.2 Å². The number of hydrogen-bond acceptors (Lipinski definition) is 7. The summed E-state index contributed by atoms with van der Waals surface area (Å²) < 4.78 is 12.5. The van der Waals surface area contributed by atoms with E-state index in [0.29, 0.717) is 38.5 Å². The number of fused-ring (bicyclic) bond motifs is 2. The zero-order chi connectivity index (χ0) is 27.7. The molecule has 0 bridgehead atoms. The summed E-state index contributed by atoms with van der Waals surface area (Å²) in [5.74, 6) is -0.134. The van der Waals surface area contributed by atoms with Gasteiger partial charge in [-0.1, -0.05) is 67.7 Å². The van der Waals surface area contributed by atoms with E-state index in [1.807, 2.05) is 36.4 Å². The molecule has 0 saturated carbocycles. The number of carbonyl (C=O) groups is 2. The smallest absolute Gasteiger partial charge is 0.338 e. The molecule has 0 aliphatic carbocycles. The molecule has 0 fully saturated rings. The number of benzene rings is 2. The quantitative estimate of drug-likeness (QED) is 0.321. The highest BCUT2D eigenvalue weighted by Crippen LogP contribution is 2.36. The van der Waals surface area contributed by atoms with Crippen molar-refractivity contribution >= 4 is 34.5 Å². The molecule has 0 N–H and O–H groups in total. The Bertz CT molecular complexity index is 1680. The number of aromatic nitrogens is 1. The number of unbranched alkanes of at least 4 members (excludes halogenated alkanes) is 1.